The van der Waals surface area contributed by atoms with Crippen molar-refractivity contribution < 1.29 is 19.1 Å². The van der Waals surface area contributed by atoms with E-state index in [0.717, 1.165) is 18.4 Å². The van der Waals surface area contributed by atoms with Crippen LogP contribution in [0.15, 0.2) is 24.3 Å². The summed E-state index contributed by atoms with van der Waals surface area (Å²) in [4.78, 5) is 27.3. The maximum Gasteiger partial charge on any atom is 0.317 e. The number of benzene rings is 1. The number of aliphatic carboxylic acids is 1. The average Bonchev–Trinajstić information content (AvgIpc) is 2.60. The van der Waals surface area contributed by atoms with Gasteiger partial charge in [-0.3, -0.25) is 9.69 Å². The van der Waals surface area contributed by atoms with Crippen molar-refractivity contribution in [2.24, 2.45) is 0 Å². The Morgan fingerprint density at radius 3 is 2.62 bits per heavy atom. The van der Waals surface area contributed by atoms with E-state index in [1.807, 2.05) is 13.0 Å². The molecule has 0 bridgehead atoms. The van der Waals surface area contributed by atoms with Gasteiger partial charge in [0.2, 0.25) is 0 Å². The number of unbranched alkanes of at least 4 members (excludes halogenated alkanes) is 1. The molecular weight excluding hydrogens is 337 g/mol. The molecule has 0 aromatic heterocycles. The fourth-order valence-electron chi connectivity index (χ4n) is 3.16. The maximum absolute atomic E-state index is 13.3. The predicted molar refractivity (Wildman–Crippen MR) is 97.3 cm³/mol. The van der Waals surface area contributed by atoms with E-state index in [2.05, 4.69) is 10.2 Å². The van der Waals surface area contributed by atoms with E-state index < -0.39 is 5.97 Å². The number of hydrogen-bond donors (Lipinski definition) is 2. The molecule has 1 aliphatic rings. The number of halogens is 1. The Balaban J connectivity index is 1.80. The van der Waals surface area contributed by atoms with Crippen molar-refractivity contribution in [2.45, 2.75) is 45.2 Å². The summed E-state index contributed by atoms with van der Waals surface area (Å²) in [5.41, 5.74) is 0.920. The Bertz CT molecular complexity index is 603. The molecule has 2 amide bonds. The van der Waals surface area contributed by atoms with Crippen molar-refractivity contribution in [3.63, 3.8) is 0 Å². The topological polar surface area (TPSA) is 72.9 Å². The zero-order valence-corrected chi connectivity index (χ0v) is 15.3. The van der Waals surface area contributed by atoms with Crippen molar-refractivity contribution >= 4 is 12.0 Å². The van der Waals surface area contributed by atoms with Gasteiger partial charge >= 0.3 is 12.0 Å². The molecule has 1 saturated heterocycles. The Morgan fingerprint density at radius 1 is 1.27 bits per heavy atom. The van der Waals surface area contributed by atoms with Gasteiger partial charge in [-0.05, 0) is 24.1 Å². The Labute approximate surface area is 154 Å². The Kier molecular flexibility index (Phi) is 7.84. The third-order valence-electron chi connectivity index (χ3n) is 4.61. The van der Waals surface area contributed by atoms with Crippen LogP contribution < -0.4 is 5.32 Å². The maximum atomic E-state index is 13.3. The van der Waals surface area contributed by atoms with Gasteiger partial charge in [-0.25, -0.2) is 9.18 Å². The molecule has 0 saturated carbocycles. The molecule has 2 N–H and O–H groups in total. The lowest BCUT2D eigenvalue weighted by molar-refractivity contribution is -0.137. The Hall–Kier alpha value is -2.15. The second-order valence-electron chi connectivity index (χ2n) is 6.78. The first-order valence-electron chi connectivity index (χ1n) is 9.22. The van der Waals surface area contributed by atoms with Gasteiger partial charge in [0.05, 0.1) is 6.42 Å². The number of carbonyl (C=O) groups is 2. The zero-order chi connectivity index (χ0) is 18.9. The first-order chi connectivity index (χ1) is 12.5. The lowest BCUT2D eigenvalue weighted by Gasteiger charge is -2.35. The van der Waals surface area contributed by atoms with Gasteiger partial charge in [0.15, 0.2) is 0 Å². The summed E-state index contributed by atoms with van der Waals surface area (Å²) in [6, 6.07) is 6.03. The van der Waals surface area contributed by atoms with Crippen LogP contribution in [0.4, 0.5) is 9.18 Å². The van der Waals surface area contributed by atoms with Crippen LogP contribution in [0.5, 0.6) is 0 Å². The minimum absolute atomic E-state index is 0.0503. The highest BCUT2D eigenvalue weighted by Crippen LogP contribution is 2.11. The van der Waals surface area contributed by atoms with Crippen LogP contribution in [-0.2, 0) is 11.3 Å². The smallest absolute Gasteiger partial charge is 0.317 e. The van der Waals surface area contributed by atoms with Crippen LogP contribution in [0.25, 0.3) is 0 Å². The minimum Gasteiger partial charge on any atom is -0.481 e. The summed E-state index contributed by atoms with van der Waals surface area (Å²) in [6.07, 6.45) is 2.48. The summed E-state index contributed by atoms with van der Waals surface area (Å²) < 4.78 is 13.3. The molecule has 1 heterocycles. The molecule has 144 valence electrons. The quantitative estimate of drug-likeness (QED) is 0.743. The number of carboxylic acid groups (broad SMARTS) is 1. The highest BCUT2D eigenvalue weighted by Gasteiger charge is 2.24. The second-order valence-corrected chi connectivity index (χ2v) is 6.78. The number of amides is 2. The number of carboxylic acids is 1. The summed E-state index contributed by atoms with van der Waals surface area (Å²) in [7, 11) is 0. The molecular formula is C19H28FN3O3. The van der Waals surface area contributed by atoms with E-state index in [1.165, 1.54) is 12.1 Å². The van der Waals surface area contributed by atoms with E-state index in [4.69, 9.17) is 5.11 Å². The molecule has 0 unspecified atom stereocenters. The molecule has 1 fully saturated rings. The van der Waals surface area contributed by atoms with Crippen LogP contribution >= 0.6 is 0 Å². The van der Waals surface area contributed by atoms with Crippen LogP contribution in [0, 0.1) is 5.82 Å². The number of nitrogens with one attached hydrogen (secondary N) is 1. The molecule has 1 aromatic rings. The lowest BCUT2D eigenvalue weighted by Crippen LogP contribution is -2.53. The number of piperazine rings is 1. The molecule has 1 aliphatic heterocycles. The van der Waals surface area contributed by atoms with E-state index in [-0.39, 0.29) is 24.3 Å². The van der Waals surface area contributed by atoms with Crippen LogP contribution in [0.3, 0.4) is 0 Å². The van der Waals surface area contributed by atoms with Crippen molar-refractivity contribution in [3.05, 3.63) is 35.6 Å². The first kappa shape index (κ1) is 20.2. The molecule has 26 heavy (non-hydrogen) atoms. The Morgan fingerprint density at radius 2 is 2.00 bits per heavy atom. The number of nitrogens with zero attached hydrogens (tertiary/aromatic N) is 2. The summed E-state index contributed by atoms with van der Waals surface area (Å²) in [5, 5.41) is 11.9. The van der Waals surface area contributed by atoms with Crippen LogP contribution in [0.1, 0.15) is 38.2 Å². The summed E-state index contributed by atoms with van der Waals surface area (Å²) >= 11 is 0. The van der Waals surface area contributed by atoms with Gasteiger partial charge in [0.1, 0.15) is 5.82 Å². The van der Waals surface area contributed by atoms with Crippen molar-refractivity contribution in [1.29, 1.82) is 0 Å². The fourth-order valence-corrected chi connectivity index (χ4v) is 3.16. The highest BCUT2D eigenvalue weighted by atomic mass is 19.1. The van der Waals surface area contributed by atoms with Crippen molar-refractivity contribution in [2.75, 3.05) is 26.2 Å². The average molecular weight is 365 g/mol. The number of carbonyl (C=O) groups excluding carboxylic acids is 1. The van der Waals surface area contributed by atoms with Gasteiger partial charge in [0.25, 0.3) is 0 Å². The van der Waals surface area contributed by atoms with Gasteiger partial charge in [-0.15, -0.1) is 0 Å². The van der Waals surface area contributed by atoms with Crippen LogP contribution in [-0.4, -0.2) is 59.1 Å². The summed E-state index contributed by atoms with van der Waals surface area (Å²) in [6.45, 7) is 5.28. The molecule has 0 radical (unpaired) electrons. The second kappa shape index (κ2) is 10.1. The van der Waals surface area contributed by atoms with E-state index in [1.54, 1.807) is 11.0 Å². The first-order valence-corrected chi connectivity index (χ1v) is 9.22. The summed E-state index contributed by atoms with van der Waals surface area (Å²) in [5.74, 6) is -1.14. The predicted octanol–water partition coefficient (Wildman–Crippen LogP) is 2.69. The molecule has 7 heteroatoms. The molecule has 1 aromatic carbocycles. The van der Waals surface area contributed by atoms with Crippen molar-refractivity contribution in [1.82, 2.24) is 15.1 Å². The van der Waals surface area contributed by atoms with Crippen LogP contribution in [0.2, 0.25) is 0 Å². The van der Waals surface area contributed by atoms with E-state index >= 15 is 0 Å². The SMILES string of the molecule is CCCC[C@H](CC(=O)O)NC(=O)N1CCN(Cc2cccc(F)c2)CC1. The molecule has 0 aliphatic carbocycles. The highest BCUT2D eigenvalue weighted by molar-refractivity contribution is 5.76. The van der Waals surface area contributed by atoms with Gasteiger partial charge < -0.3 is 15.3 Å². The largest absolute Gasteiger partial charge is 0.481 e. The van der Waals surface area contributed by atoms with E-state index in [0.29, 0.717) is 39.1 Å². The van der Waals surface area contributed by atoms with Gasteiger partial charge in [0, 0.05) is 38.8 Å². The fraction of sp³-hybridized carbons (Fsp3) is 0.579. The number of hydrogen-bond acceptors (Lipinski definition) is 3. The number of rotatable bonds is 8. The van der Waals surface area contributed by atoms with Crippen molar-refractivity contribution in [3.8, 4) is 0 Å². The van der Waals surface area contributed by atoms with Gasteiger partial charge in [-0.1, -0.05) is 31.9 Å². The van der Waals surface area contributed by atoms with E-state index in [9.17, 15) is 14.0 Å². The third-order valence-corrected chi connectivity index (χ3v) is 4.61. The molecule has 6 nitrogen and oxygen atoms in total. The monoisotopic (exact) mass is 365 g/mol. The lowest BCUT2D eigenvalue weighted by atomic mass is 10.1. The minimum atomic E-state index is -0.897. The number of urea groups is 1. The molecule has 1 atom stereocenters. The third kappa shape index (κ3) is 6.63. The van der Waals surface area contributed by atoms with Gasteiger partial charge in [-0.2, -0.15) is 0 Å². The molecule has 2 rings (SSSR count). The standard InChI is InChI=1S/C19H28FN3O3/c1-2-3-7-17(13-18(24)25)21-19(26)23-10-8-22(9-11-23)14-15-5-4-6-16(20)12-15/h4-6,12,17H,2-3,7-11,13-14H2,1H3,(H,21,26)(H,24,25)/t17-/m1/s1. The zero-order valence-electron chi connectivity index (χ0n) is 15.3. The normalized spacial score (nSPS) is 16.3. The molecule has 0 spiro atoms.